The summed E-state index contributed by atoms with van der Waals surface area (Å²) in [5.41, 5.74) is -0.418. The predicted molar refractivity (Wildman–Crippen MR) is 89.1 cm³/mol. The highest BCUT2D eigenvalue weighted by molar-refractivity contribution is 5.68. The molecule has 0 bridgehead atoms. The minimum Gasteiger partial charge on any atom is -0.444 e. The Balaban J connectivity index is 1.72. The third-order valence-corrected chi connectivity index (χ3v) is 4.74. The van der Waals surface area contributed by atoms with E-state index in [0.29, 0.717) is 18.1 Å². The van der Waals surface area contributed by atoms with Gasteiger partial charge in [-0.15, -0.1) is 0 Å². The van der Waals surface area contributed by atoms with Crippen molar-refractivity contribution in [3.63, 3.8) is 0 Å². The molecule has 2 rings (SSSR count). The lowest BCUT2D eigenvalue weighted by Crippen LogP contribution is -2.48. The van der Waals surface area contributed by atoms with Gasteiger partial charge in [-0.05, 0) is 72.4 Å². The van der Waals surface area contributed by atoms with Crippen molar-refractivity contribution in [1.29, 1.82) is 0 Å². The van der Waals surface area contributed by atoms with Crippen molar-refractivity contribution < 1.29 is 9.53 Å². The summed E-state index contributed by atoms with van der Waals surface area (Å²) in [6, 6.07) is 1.61. The molecular formula is C17H33N3O2. The van der Waals surface area contributed by atoms with Gasteiger partial charge in [0.15, 0.2) is 0 Å². The minimum absolute atomic E-state index is 0.192. The zero-order valence-corrected chi connectivity index (χ0v) is 14.7. The van der Waals surface area contributed by atoms with Gasteiger partial charge in [-0.3, -0.25) is 0 Å². The van der Waals surface area contributed by atoms with Crippen LogP contribution in [0.1, 0.15) is 59.3 Å². The van der Waals surface area contributed by atoms with Crippen LogP contribution in [0.15, 0.2) is 0 Å². The molecule has 0 radical (unpaired) electrons. The molecular weight excluding hydrogens is 278 g/mol. The molecule has 1 amide bonds. The van der Waals surface area contributed by atoms with E-state index in [4.69, 9.17) is 4.74 Å². The highest BCUT2D eigenvalue weighted by atomic mass is 16.6. The fourth-order valence-corrected chi connectivity index (χ4v) is 3.43. The molecule has 2 N–H and O–H groups in total. The standard InChI is InChI=1S/C17H33N3O2/c1-17(2,3)22-16(21)20(4)15-7-5-13(6-8-15)19-14-9-11-18-12-10-14/h13-15,18-19H,5-12H2,1-4H3. The number of rotatable bonds is 3. The van der Waals surface area contributed by atoms with Crippen molar-refractivity contribution in [2.24, 2.45) is 0 Å². The Morgan fingerprint density at radius 1 is 1.05 bits per heavy atom. The Kier molecular flexibility index (Phi) is 6.09. The molecule has 2 aliphatic rings. The van der Waals surface area contributed by atoms with Gasteiger partial charge >= 0.3 is 6.09 Å². The van der Waals surface area contributed by atoms with E-state index in [1.807, 2.05) is 27.8 Å². The van der Waals surface area contributed by atoms with E-state index in [2.05, 4.69) is 10.6 Å². The van der Waals surface area contributed by atoms with Crippen LogP contribution in [-0.2, 0) is 4.74 Å². The number of ether oxygens (including phenoxy) is 1. The average molecular weight is 311 g/mol. The Morgan fingerprint density at radius 2 is 1.59 bits per heavy atom. The number of carbonyl (C=O) groups is 1. The molecule has 0 unspecified atom stereocenters. The molecule has 0 atom stereocenters. The Labute approximate surface area is 135 Å². The summed E-state index contributed by atoms with van der Waals surface area (Å²) in [6.07, 6.45) is 6.72. The average Bonchev–Trinajstić information content (AvgIpc) is 2.46. The minimum atomic E-state index is -0.418. The fraction of sp³-hybridized carbons (Fsp3) is 0.941. The molecule has 1 aliphatic heterocycles. The van der Waals surface area contributed by atoms with E-state index in [1.54, 1.807) is 4.90 Å². The van der Waals surface area contributed by atoms with Gasteiger partial charge in [0.1, 0.15) is 5.60 Å². The smallest absolute Gasteiger partial charge is 0.410 e. The molecule has 0 spiro atoms. The Hall–Kier alpha value is -0.810. The lowest BCUT2D eigenvalue weighted by atomic mass is 9.89. The predicted octanol–water partition coefficient (Wildman–Crippen LogP) is 2.51. The van der Waals surface area contributed by atoms with Crippen LogP contribution < -0.4 is 10.6 Å². The second kappa shape index (κ2) is 7.64. The van der Waals surface area contributed by atoms with E-state index in [-0.39, 0.29) is 6.09 Å². The fourth-order valence-electron chi connectivity index (χ4n) is 3.43. The molecule has 0 aromatic rings. The molecule has 0 aromatic heterocycles. The highest BCUT2D eigenvalue weighted by Gasteiger charge is 2.30. The first-order valence-corrected chi connectivity index (χ1v) is 8.78. The number of piperidine rings is 1. The molecule has 1 saturated carbocycles. The van der Waals surface area contributed by atoms with Gasteiger partial charge in [0.05, 0.1) is 0 Å². The number of carbonyl (C=O) groups excluding carboxylic acids is 1. The van der Waals surface area contributed by atoms with Gasteiger partial charge in [0.25, 0.3) is 0 Å². The van der Waals surface area contributed by atoms with E-state index < -0.39 is 5.60 Å². The zero-order valence-electron chi connectivity index (χ0n) is 14.7. The largest absolute Gasteiger partial charge is 0.444 e. The first-order valence-electron chi connectivity index (χ1n) is 8.78. The summed E-state index contributed by atoms with van der Waals surface area (Å²) in [5, 5.41) is 7.22. The molecule has 0 aromatic carbocycles. The first-order chi connectivity index (χ1) is 10.3. The summed E-state index contributed by atoms with van der Waals surface area (Å²) in [6.45, 7) is 8.01. The van der Waals surface area contributed by atoms with Crippen LogP contribution in [-0.4, -0.2) is 54.9 Å². The second-order valence-electron chi connectivity index (χ2n) is 7.79. The van der Waals surface area contributed by atoms with Gasteiger partial charge in [-0.25, -0.2) is 4.79 Å². The van der Waals surface area contributed by atoms with Crippen LogP contribution in [0.4, 0.5) is 4.79 Å². The maximum atomic E-state index is 12.1. The van der Waals surface area contributed by atoms with Crippen LogP contribution in [0.2, 0.25) is 0 Å². The van der Waals surface area contributed by atoms with Crippen LogP contribution in [0.5, 0.6) is 0 Å². The van der Waals surface area contributed by atoms with Crippen LogP contribution in [0.25, 0.3) is 0 Å². The summed E-state index contributed by atoms with van der Waals surface area (Å²) < 4.78 is 5.47. The molecule has 2 fully saturated rings. The van der Waals surface area contributed by atoms with Crippen molar-refractivity contribution in [1.82, 2.24) is 15.5 Å². The highest BCUT2D eigenvalue weighted by Crippen LogP contribution is 2.24. The van der Waals surface area contributed by atoms with Crippen molar-refractivity contribution in [3.8, 4) is 0 Å². The van der Waals surface area contributed by atoms with Crippen LogP contribution in [0.3, 0.4) is 0 Å². The maximum Gasteiger partial charge on any atom is 0.410 e. The quantitative estimate of drug-likeness (QED) is 0.841. The monoisotopic (exact) mass is 311 g/mol. The molecule has 1 aliphatic carbocycles. The van der Waals surface area contributed by atoms with Gasteiger partial charge in [-0.1, -0.05) is 0 Å². The Bertz CT molecular complexity index is 353. The van der Waals surface area contributed by atoms with Crippen LogP contribution >= 0.6 is 0 Å². The van der Waals surface area contributed by atoms with Gasteiger partial charge < -0.3 is 20.3 Å². The van der Waals surface area contributed by atoms with Gasteiger partial charge in [0.2, 0.25) is 0 Å². The lowest BCUT2D eigenvalue weighted by Gasteiger charge is -2.37. The van der Waals surface area contributed by atoms with E-state index >= 15 is 0 Å². The lowest BCUT2D eigenvalue weighted by molar-refractivity contribution is 0.0177. The maximum absolute atomic E-state index is 12.1. The van der Waals surface area contributed by atoms with E-state index in [0.717, 1.165) is 38.8 Å². The Morgan fingerprint density at radius 3 is 2.14 bits per heavy atom. The molecule has 128 valence electrons. The van der Waals surface area contributed by atoms with Gasteiger partial charge in [-0.2, -0.15) is 0 Å². The third kappa shape index (κ3) is 5.43. The van der Waals surface area contributed by atoms with E-state index in [9.17, 15) is 4.79 Å². The summed E-state index contributed by atoms with van der Waals surface area (Å²) in [5.74, 6) is 0. The SMILES string of the molecule is CN(C(=O)OC(C)(C)C)C1CCC(NC2CCNCC2)CC1. The zero-order chi connectivity index (χ0) is 16.2. The van der Waals surface area contributed by atoms with E-state index in [1.165, 1.54) is 12.8 Å². The second-order valence-corrected chi connectivity index (χ2v) is 7.79. The molecule has 1 heterocycles. The first kappa shape index (κ1) is 17.5. The number of nitrogens with zero attached hydrogens (tertiary/aromatic N) is 1. The van der Waals surface area contributed by atoms with Crippen molar-refractivity contribution in [3.05, 3.63) is 0 Å². The topological polar surface area (TPSA) is 53.6 Å². The number of hydrogen-bond donors (Lipinski definition) is 2. The molecule has 22 heavy (non-hydrogen) atoms. The summed E-state index contributed by atoms with van der Waals surface area (Å²) in [7, 11) is 1.87. The molecule has 1 saturated heterocycles. The number of amides is 1. The normalized spacial score (nSPS) is 27.5. The number of hydrogen-bond acceptors (Lipinski definition) is 4. The summed E-state index contributed by atoms with van der Waals surface area (Å²) >= 11 is 0. The number of nitrogens with one attached hydrogen (secondary N) is 2. The molecule has 5 nitrogen and oxygen atoms in total. The van der Waals surface area contributed by atoms with Gasteiger partial charge in [0, 0.05) is 25.2 Å². The molecule has 5 heteroatoms. The van der Waals surface area contributed by atoms with Crippen molar-refractivity contribution in [2.45, 2.75) is 83.0 Å². The van der Waals surface area contributed by atoms with Crippen LogP contribution in [0, 0.1) is 0 Å². The summed E-state index contributed by atoms with van der Waals surface area (Å²) in [4.78, 5) is 13.9. The third-order valence-electron chi connectivity index (χ3n) is 4.74. The van der Waals surface area contributed by atoms with Crippen molar-refractivity contribution >= 4 is 6.09 Å². The van der Waals surface area contributed by atoms with Crippen molar-refractivity contribution in [2.75, 3.05) is 20.1 Å².